The number of alkyl halides is 3. The van der Waals surface area contributed by atoms with E-state index in [9.17, 15) is 18.0 Å². The van der Waals surface area contributed by atoms with E-state index in [0.717, 1.165) is 17.7 Å². The molecule has 0 spiro atoms. The van der Waals surface area contributed by atoms with Crippen molar-refractivity contribution in [3.63, 3.8) is 0 Å². The first-order valence-electron chi connectivity index (χ1n) is 6.95. The number of hydrogen-bond acceptors (Lipinski definition) is 2. The van der Waals surface area contributed by atoms with Crippen molar-refractivity contribution in [2.24, 2.45) is 0 Å². The molecule has 0 fully saturated rings. The largest absolute Gasteiger partial charge is 0.416 e. The maximum Gasteiger partial charge on any atom is 0.416 e. The van der Waals surface area contributed by atoms with Gasteiger partial charge in [-0.25, -0.2) is 0 Å². The Morgan fingerprint density at radius 1 is 1.04 bits per heavy atom. The van der Waals surface area contributed by atoms with Crippen LogP contribution in [-0.2, 0) is 16.7 Å². The molecule has 2 rings (SSSR count). The summed E-state index contributed by atoms with van der Waals surface area (Å²) in [6.45, 7) is 2.01. The maximum atomic E-state index is 12.4. The lowest BCUT2D eigenvalue weighted by Crippen LogP contribution is -2.14. The fraction of sp³-hybridized carbons (Fsp3) is 0.235. The number of anilines is 1. The summed E-state index contributed by atoms with van der Waals surface area (Å²) in [5, 5.41) is 2.59. The number of amides is 1. The average molecular weight is 339 g/mol. The fourth-order valence-corrected chi connectivity index (χ4v) is 2.67. The Labute approximate surface area is 137 Å². The van der Waals surface area contributed by atoms with Gasteiger partial charge >= 0.3 is 6.18 Å². The number of carbonyl (C=O) groups excluding carboxylic acids is 1. The third-order valence-electron chi connectivity index (χ3n) is 3.12. The van der Waals surface area contributed by atoms with Crippen LogP contribution in [0.15, 0.2) is 48.5 Å². The minimum Gasteiger partial charge on any atom is -0.325 e. The summed E-state index contributed by atoms with van der Waals surface area (Å²) in [5.74, 6) is 0.720. The summed E-state index contributed by atoms with van der Waals surface area (Å²) >= 11 is 1.45. The van der Waals surface area contributed by atoms with Crippen molar-refractivity contribution in [1.82, 2.24) is 0 Å². The molecule has 1 amide bonds. The topological polar surface area (TPSA) is 29.1 Å². The number of aryl methyl sites for hydroxylation is 1. The molecule has 0 bridgehead atoms. The van der Waals surface area contributed by atoms with Crippen molar-refractivity contribution in [3.8, 4) is 0 Å². The third-order valence-corrected chi connectivity index (χ3v) is 4.12. The van der Waals surface area contributed by atoms with E-state index in [2.05, 4.69) is 5.32 Å². The Morgan fingerprint density at radius 3 is 2.22 bits per heavy atom. The van der Waals surface area contributed by atoms with Crippen LogP contribution in [0.1, 0.15) is 16.7 Å². The van der Waals surface area contributed by atoms with Gasteiger partial charge in [-0.3, -0.25) is 4.79 Å². The van der Waals surface area contributed by atoms with Crippen LogP contribution in [0.5, 0.6) is 0 Å². The number of thioether (sulfide) groups is 1. The molecule has 0 aliphatic heterocycles. The molecule has 6 heteroatoms. The van der Waals surface area contributed by atoms with Crippen molar-refractivity contribution < 1.29 is 18.0 Å². The van der Waals surface area contributed by atoms with E-state index < -0.39 is 11.7 Å². The molecule has 0 radical (unpaired) electrons. The van der Waals surface area contributed by atoms with Gasteiger partial charge in [0.15, 0.2) is 0 Å². The molecule has 0 unspecified atom stereocenters. The zero-order valence-electron chi connectivity index (χ0n) is 12.5. The highest BCUT2D eigenvalue weighted by Gasteiger charge is 2.29. The monoisotopic (exact) mass is 339 g/mol. The van der Waals surface area contributed by atoms with Gasteiger partial charge in [-0.05, 0) is 36.8 Å². The van der Waals surface area contributed by atoms with E-state index in [0.29, 0.717) is 11.4 Å². The second-order valence-electron chi connectivity index (χ2n) is 5.10. The second kappa shape index (κ2) is 7.55. The van der Waals surface area contributed by atoms with Gasteiger partial charge in [-0.15, -0.1) is 11.8 Å². The van der Waals surface area contributed by atoms with Gasteiger partial charge in [-0.2, -0.15) is 13.2 Å². The Bertz CT molecular complexity index is 651. The maximum absolute atomic E-state index is 12.4. The van der Waals surface area contributed by atoms with E-state index in [1.54, 1.807) is 0 Å². The predicted octanol–water partition coefficient (Wildman–Crippen LogP) is 4.89. The first-order valence-corrected chi connectivity index (χ1v) is 8.10. The molecule has 0 aromatic heterocycles. The van der Waals surface area contributed by atoms with Crippen LogP contribution >= 0.6 is 11.8 Å². The lowest BCUT2D eigenvalue weighted by molar-refractivity contribution is -0.137. The summed E-state index contributed by atoms with van der Waals surface area (Å²) in [6, 6.07) is 12.5. The van der Waals surface area contributed by atoms with Crippen molar-refractivity contribution in [2.45, 2.75) is 18.9 Å². The van der Waals surface area contributed by atoms with Gasteiger partial charge in [0.25, 0.3) is 0 Å². The zero-order chi connectivity index (χ0) is 16.9. The summed E-state index contributed by atoms with van der Waals surface area (Å²) in [7, 11) is 0. The summed E-state index contributed by atoms with van der Waals surface area (Å²) < 4.78 is 37.3. The molecule has 2 aromatic rings. The highest BCUT2D eigenvalue weighted by Crippen LogP contribution is 2.29. The van der Waals surface area contributed by atoms with Crippen molar-refractivity contribution in [2.75, 3.05) is 11.1 Å². The first-order chi connectivity index (χ1) is 10.8. The standard InChI is InChI=1S/C17H16F3NOS/c1-12-2-4-13(5-3-12)10-23-11-16(22)21-15-8-6-14(7-9-15)17(18,19)20/h2-9H,10-11H2,1H3,(H,21,22). The molecule has 122 valence electrons. The van der Waals surface area contributed by atoms with Crippen LogP contribution in [0.4, 0.5) is 18.9 Å². The Hall–Kier alpha value is -1.95. The number of hydrogen-bond donors (Lipinski definition) is 1. The highest BCUT2D eigenvalue weighted by atomic mass is 32.2. The molecular weight excluding hydrogens is 323 g/mol. The molecule has 1 N–H and O–H groups in total. The second-order valence-corrected chi connectivity index (χ2v) is 6.09. The molecule has 0 heterocycles. The van der Waals surface area contributed by atoms with Gasteiger partial charge in [0.2, 0.25) is 5.91 Å². The average Bonchev–Trinajstić information content (AvgIpc) is 2.49. The SMILES string of the molecule is Cc1ccc(CSCC(=O)Nc2ccc(C(F)(F)F)cc2)cc1. The number of nitrogens with one attached hydrogen (secondary N) is 1. The first kappa shape index (κ1) is 17.4. The third kappa shape index (κ3) is 5.63. The van der Waals surface area contributed by atoms with Gasteiger partial charge in [0.05, 0.1) is 11.3 Å². The normalized spacial score (nSPS) is 11.3. The van der Waals surface area contributed by atoms with Crippen LogP contribution in [0.3, 0.4) is 0 Å². The molecule has 0 saturated carbocycles. The minimum absolute atomic E-state index is 0.234. The fourth-order valence-electron chi connectivity index (χ4n) is 1.89. The van der Waals surface area contributed by atoms with Crippen molar-refractivity contribution in [3.05, 3.63) is 65.2 Å². The van der Waals surface area contributed by atoms with E-state index >= 15 is 0 Å². The number of carbonyl (C=O) groups is 1. The predicted molar refractivity (Wildman–Crippen MR) is 87.4 cm³/mol. The molecule has 23 heavy (non-hydrogen) atoms. The van der Waals surface area contributed by atoms with Crippen LogP contribution < -0.4 is 5.32 Å². The van der Waals surface area contributed by atoms with Gasteiger partial charge in [-0.1, -0.05) is 29.8 Å². The van der Waals surface area contributed by atoms with Crippen LogP contribution in [0.25, 0.3) is 0 Å². The van der Waals surface area contributed by atoms with E-state index in [-0.39, 0.29) is 11.7 Å². The summed E-state index contributed by atoms with van der Waals surface area (Å²) in [4.78, 5) is 11.8. The molecule has 0 saturated heterocycles. The molecule has 0 atom stereocenters. The van der Waals surface area contributed by atoms with Gasteiger partial charge < -0.3 is 5.32 Å². The van der Waals surface area contributed by atoms with E-state index in [1.807, 2.05) is 31.2 Å². The Kier molecular flexibility index (Phi) is 5.71. The lowest BCUT2D eigenvalue weighted by atomic mass is 10.2. The van der Waals surface area contributed by atoms with E-state index in [4.69, 9.17) is 0 Å². The molecule has 2 aromatic carbocycles. The van der Waals surface area contributed by atoms with Crippen molar-refractivity contribution in [1.29, 1.82) is 0 Å². The number of benzene rings is 2. The van der Waals surface area contributed by atoms with Crippen molar-refractivity contribution >= 4 is 23.4 Å². The smallest absolute Gasteiger partial charge is 0.325 e. The molecule has 2 nitrogen and oxygen atoms in total. The number of halogens is 3. The quantitative estimate of drug-likeness (QED) is 0.841. The molecule has 0 aliphatic carbocycles. The Balaban J connectivity index is 1.79. The zero-order valence-corrected chi connectivity index (χ0v) is 13.3. The lowest BCUT2D eigenvalue weighted by Gasteiger charge is -2.09. The summed E-state index contributed by atoms with van der Waals surface area (Å²) in [6.07, 6.45) is -4.37. The van der Waals surface area contributed by atoms with Crippen LogP contribution in [0.2, 0.25) is 0 Å². The van der Waals surface area contributed by atoms with Crippen LogP contribution in [0, 0.1) is 6.92 Å². The highest BCUT2D eigenvalue weighted by molar-refractivity contribution is 7.99. The number of rotatable bonds is 5. The van der Waals surface area contributed by atoms with Gasteiger partial charge in [0.1, 0.15) is 0 Å². The van der Waals surface area contributed by atoms with Crippen LogP contribution in [-0.4, -0.2) is 11.7 Å². The Morgan fingerprint density at radius 2 is 1.65 bits per heavy atom. The molecular formula is C17H16F3NOS. The van der Waals surface area contributed by atoms with E-state index in [1.165, 1.54) is 29.5 Å². The summed E-state index contributed by atoms with van der Waals surface area (Å²) in [5.41, 5.74) is 1.94. The minimum atomic E-state index is -4.37. The van der Waals surface area contributed by atoms with Gasteiger partial charge in [0, 0.05) is 11.4 Å². The molecule has 0 aliphatic rings.